The van der Waals surface area contributed by atoms with Crippen molar-refractivity contribution in [1.29, 1.82) is 0 Å². The van der Waals surface area contributed by atoms with E-state index < -0.39 is 39.3 Å². The second kappa shape index (κ2) is 8.94. The zero-order valence-electron chi connectivity index (χ0n) is 15.0. The van der Waals surface area contributed by atoms with E-state index in [0.717, 1.165) is 12.5 Å². The van der Waals surface area contributed by atoms with Crippen LogP contribution < -0.4 is 0 Å². The van der Waals surface area contributed by atoms with Crippen molar-refractivity contribution in [1.82, 2.24) is 4.90 Å². The number of amides is 1. The van der Waals surface area contributed by atoms with Crippen molar-refractivity contribution >= 4 is 27.4 Å². The number of hydrogen-bond donors (Lipinski definition) is 0. The molecule has 10 heteroatoms. The van der Waals surface area contributed by atoms with E-state index in [1.165, 1.54) is 23.1 Å². The Morgan fingerprint density at radius 3 is 2.70 bits per heavy atom. The Hall–Kier alpha value is -2.49. The number of ether oxygens (including phenoxy) is 1. The van der Waals surface area contributed by atoms with Crippen LogP contribution in [0.15, 0.2) is 24.3 Å². The van der Waals surface area contributed by atoms with Crippen molar-refractivity contribution in [2.75, 3.05) is 24.7 Å². The number of carbonyl (C=O) groups is 2. The molecule has 0 radical (unpaired) electrons. The number of hydrogen-bond acceptors (Lipinski definition) is 7. The van der Waals surface area contributed by atoms with E-state index in [1.54, 1.807) is 0 Å². The molecule has 148 valence electrons. The van der Waals surface area contributed by atoms with Crippen LogP contribution in [-0.4, -0.2) is 60.8 Å². The molecule has 1 aromatic rings. The topological polar surface area (TPSA) is 124 Å². The molecular formula is C17H22N2O7S. The van der Waals surface area contributed by atoms with Gasteiger partial charge in [-0.3, -0.25) is 14.9 Å². The van der Waals surface area contributed by atoms with Crippen LogP contribution in [0.3, 0.4) is 0 Å². The molecule has 0 saturated carbocycles. The molecule has 1 fully saturated rings. The lowest BCUT2D eigenvalue weighted by Crippen LogP contribution is -2.43. The average molecular weight is 398 g/mol. The van der Waals surface area contributed by atoms with Gasteiger partial charge in [0.15, 0.2) is 16.4 Å². The molecule has 0 aromatic heterocycles. The van der Waals surface area contributed by atoms with Gasteiger partial charge >= 0.3 is 5.97 Å². The predicted octanol–water partition coefficient (Wildman–Crippen LogP) is 1.57. The number of nitrogens with zero attached hydrogens (tertiary/aromatic N) is 2. The second-order valence-corrected chi connectivity index (χ2v) is 8.61. The summed E-state index contributed by atoms with van der Waals surface area (Å²) in [6, 6.07) is 4.62. The zero-order valence-corrected chi connectivity index (χ0v) is 15.8. The van der Waals surface area contributed by atoms with Gasteiger partial charge in [-0.2, -0.15) is 0 Å². The third-order valence-electron chi connectivity index (χ3n) is 4.34. The van der Waals surface area contributed by atoms with Gasteiger partial charge < -0.3 is 9.64 Å². The van der Waals surface area contributed by atoms with Gasteiger partial charge in [0.05, 0.1) is 22.0 Å². The van der Waals surface area contributed by atoms with Crippen LogP contribution in [0.4, 0.5) is 5.69 Å². The second-order valence-electron chi connectivity index (χ2n) is 6.38. The Balaban J connectivity index is 2.01. The monoisotopic (exact) mass is 398 g/mol. The molecule has 1 unspecified atom stereocenters. The van der Waals surface area contributed by atoms with Crippen molar-refractivity contribution < 1.29 is 27.7 Å². The van der Waals surface area contributed by atoms with Crippen molar-refractivity contribution in [3.63, 3.8) is 0 Å². The Labute approximate surface area is 157 Å². The van der Waals surface area contributed by atoms with Crippen LogP contribution in [-0.2, 0) is 19.4 Å². The highest BCUT2D eigenvalue weighted by Gasteiger charge is 2.34. The third kappa shape index (κ3) is 5.75. The van der Waals surface area contributed by atoms with E-state index in [4.69, 9.17) is 4.74 Å². The van der Waals surface area contributed by atoms with Crippen LogP contribution in [0.2, 0.25) is 0 Å². The van der Waals surface area contributed by atoms with E-state index in [1.807, 2.05) is 6.92 Å². The quantitative estimate of drug-likeness (QED) is 0.370. The lowest BCUT2D eigenvalue weighted by Gasteiger charge is -2.28. The number of non-ortho nitro benzene ring substituents is 1. The minimum Gasteiger partial charge on any atom is -0.452 e. The van der Waals surface area contributed by atoms with E-state index >= 15 is 0 Å². The highest BCUT2D eigenvalue weighted by Crippen LogP contribution is 2.19. The number of unbranched alkanes of at least 4 members (excludes halogenated alkanes) is 1. The first-order chi connectivity index (χ1) is 12.7. The van der Waals surface area contributed by atoms with Crippen LogP contribution in [0.5, 0.6) is 0 Å². The maximum atomic E-state index is 12.5. The molecule has 1 aliphatic rings. The molecule has 1 heterocycles. The summed E-state index contributed by atoms with van der Waals surface area (Å²) in [4.78, 5) is 36.2. The Bertz CT molecular complexity index is 822. The van der Waals surface area contributed by atoms with Gasteiger partial charge in [-0.1, -0.05) is 19.4 Å². The molecule has 0 bridgehead atoms. The average Bonchev–Trinajstić information content (AvgIpc) is 2.99. The molecule has 1 atom stereocenters. The number of benzene rings is 1. The predicted molar refractivity (Wildman–Crippen MR) is 97.1 cm³/mol. The van der Waals surface area contributed by atoms with Gasteiger partial charge in [-0.05, 0) is 18.9 Å². The summed E-state index contributed by atoms with van der Waals surface area (Å²) in [6.07, 6.45) is 1.91. The van der Waals surface area contributed by atoms with Gasteiger partial charge in [0.2, 0.25) is 0 Å². The Kier molecular flexibility index (Phi) is 6.89. The van der Waals surface area contributed by atoms with Gasteiger partial charge in [0.1, 0.15) is 0 Å². The number of nitro groups is 1. The normalized spacial score (nSPS) is 18.0. The fourth-order valence-electron chi connectivity index (χ4n) is 2.90. The molecule has 0 aliphatic carbocycles. The van der Waals surface area contributed by atoms with Crippen molar-refractivity contribution in [3.05, 3.63) is 39.9 Å². The SMILES string of the molecule is CCCCN(C(=O)COC(=O)c1cccc([N+](=O)[O-])c1)C1CCS(=O)(=O)C1. The van der Waals surface area contributed by atoms with E-state index in [-0.39, 0.29) is 22.8 Å². The molecule has 1 amide bonds. The van der Waals surface area contributed by atoms with Crippen LogP contribution in [0.25, 0.3) is 0 Å². The molecule has 1 aromatic carbocycles. The van der Waals surface area contributed by atoms with Crippen molar-refractivity contribution in [2.24, 2.45) is 0 Å². The first kappa shape index (κ1) is 20.8. The van der Waals surface area contributed by atoms with Crippen LogP contribution in [0, 0.1) is 10.1 Å². The summed E-state index contributed by atoms with van der Waals surface area (Å²) >= 11 is 0. The molecule has 2 rings (SSSR count). The van der Waals surface area contributed by atoms with Crippen molar-refractivity contribution in [2.45, 2.75) is 32.2 Å². The van der Waals surface area contributed by atoms with E-state index in [0.29, 0.717) is 19.4 Å². The first-order valence-electron chi connectivity index (χ1n) is 8.65. The highest BCUT2D eigenvalue weighted by atomic mass is 32.2. The molecular weight excluding hydrogens is 376 g/mol. The van der Waals surface area contributed by atoms with Crippen LogP contribution in [0.1, 0.15) is 36.5 Å². The molecule has 27 heavy (non-hydrogen) atoms. The molecule has 1 aliphatic heterocycles. The third-order valence-corrected chi connectivity index (χ3v) is 6.09. The number of carbonyl (C=O) groups excluding carboxylic acids is 2. The maximum absolute atomic E-state index is 12.5. The molecule has 0 N–H and O–H groups in total. The number of esters is 1. The molecule has 1 saturated heterocycles. The summed E-state index contributed by atoms with van der Waals surface area (Å²) in [7, 11) is -3.15. The number of rotatable bonds is 8. The zero-order chi connectivity index (χ0) is 20.0. The number of sulfone groups is 1. The van der Waals surface area contributed by atoms with Gasteiger partial charge in [-0.25, -0.2) is 13.2 Å². The fourth-order valence-corrected chi connectivity index (χ4v) is 4.63. The van der Waals surface area contributed by atoms with E-state index in [9.17, 15) is 28.1 Å². The van der Waals surface area contributed by atoms with Gasteiger partial charge in [-0.15, -0.1) is 0 Å². The summed E-state index contributed by atoms with van der Waals surface area (Å²) < 4.78 is 28.4. The Morgan fingerprint density at radius 1 is 1.37 bits per heavy atom. The smallest absolute Gasteiger partial charge is 0.338 e. The first-order valence-corrected chi connectivity index (χ1v) is 10.5. The fraction of sp³-hybridized carbons (Fsp3) is 0.529. The highest BCUT2D eigenvalue weighted by molar-refractivity contribution is 7.91. The summed E-state index contributed by atoms with van der Waals surface area (Å²) in [6.45, 7) is 1.81. The minimum absolute atomic E-state index is 0.0273. The summed E-state index contributed by atoms with van der Waals surface area (Å²) in [5.41, 5.74) is -0.280. The maximum Gasteiger partial charge on any atom is 0.338 e. The van der Waals surface area contributed by atoms with Gasteiger partial charge in [0.25, 0.3) is 11.6 Å². The largest absolute Gasteiger partial charge is 0.452 e. The standard InChI is InChI=1S/C17H22N2O7S/c1-2-3-8-18(15-7-9-27(24,25)12-15)16(20)11-26-17(21)13-5-4-6-14(10-13)19(22)23/h4-6,10,15H,2-3,7-9,11-12H2,1H3. The summed E-state index contributed by atoms with van der Waals surface area (Å²) in [5, 5.41) is 10.8. The van der Waals surface area contributed by atoms with Gasteiger partial charge in [0, 0.05) is 24.7 Å². The van der Waals surface area contributed by atoms with Crippen molar-refractivity contribution in [3.8, 4) is 0 Å². The lowest BCUT2D eigenvalue weighted by molar-refractivity contribution is -0.384. The van der Waals surface area contributed by atoms with Crippen LogP contribution >= 0.6 is 0 Å². The van der Waals surface area contributed by atoms with E-state index in [2.05, 4.69) is 0 Å². The number of nitro benzene ring substituents is 1. The lowest BCUT2D eigenvalue weighted by atomic mass is 10.2. The molecule has 9 nitrogen and oxygen atoms in total. The molecule has 0 spiro atoms. The minimum atomic E-state index is -3.15. The Morgan fingerprint density at radius 2 is 2.11 bits per heavy atom. The summed E-state index contributed by atoms with van der Waals surface area (Å²) in [5.74, 6) is -1.35.